The molecule has 0 bridgehead atoms. The minimum absolute atomic E-state index is 0. The van der Waals surface area contributed by atoms with E-state index in [1.165, 1.54) is 0 Å². The lowest BCUT2D eigenvalue weighted by molar-refractivity contribution is -0.154. The Kier molecular flexibility index (Phi) is 6.57. The molecule has 0 fully saturated rings. The molecule has 0 radical (unpaired) electrons. The Bertz CT molecular complexity index is 187. The van der Waals surface area contributed by atoms with Gasteiger partial charge in [-0.3, -0.25) is 4.79 Å². The first kappa shape index (κ1) is 14.4. The van der Waals surface area contributed by atoms with Crippen LogP contribution in [0.3, 0.4) is 0 Å². The predicted molar refractivity (Wildman–Crippen MR) is 62.9 cm³/mol. The van der Waals surface area contributed by atoms with Crippen LogP contribution in [0.1, 0.15) is 54.8 Å². The molecule has 0 saturated carbocycles. The molecule has 3 heteroatoms. The van der Waals surface area contributed by atoms with Gasteiger partial charge in [0.25, 0.3) is 0 Å². The third-order valence-electron chi connectivity index (χ3n) is 2.06. The van der Waals surface area contributed by atoms with Gasteiger partial charge in [-0.2, -0.15) is 0 Å². The van der Waals surface area contributed by atoms with Crippen molar-refractivity contribution in [3.05, 3.63) is 0 Å². The fourth-order valence-corrected chi connectivity index (χ4v) is 1.21. The molecule has 0 rings (SSSR count). The van der Waals surface area contributed by atoms with Crippen molar-refractivity contribution in [3.63, 3.8) is 0 Å². The molecular formula is C12H26O3. The molecule has 0 amide bonds. The molecule has 0 aliphatic rings. The van der Waals surface area contributed by atoms with E-state index >= 15 is 0 Å². The standard InChI is InChI=1S/C12H24O3.H2/c1-10(14-5)8-6-7-9-11(13)15-12(2,3)4;/h10H,6-9H2,1-5H3;1H/i;1+1. The van der Waals surface area contributed by atoms with E-state index in [0.717, 1.165) is 19.3 Å². The first-order valence-electron chi connectivity index (χ1n) is 5.60. The van der Waals surface area contributed by atoms with Crippen molar-refractivity contribution in [2.24, 2.45) is 0 Å². The highest BCUT2D eigenvalue weighted by Crippen LogP contribution is 2.11. The summed E-state index contributed by atoms with van der Waals surface area (Å²) in [5.74, 6) is -0.104. The molecule has 92 valence electrons. The van der Waals surface area contributed by atoms with E-state index in [2.05, 4.69) is 0 Å². The van der Waals surface area contributed by atoms with Gasteiger partial charge in [0, 0.05) is 15.0 Å². The number of carbonyl (C=O) groups is 1. The van der Waals surface area contributed by atoms with Gasteiger partial charge in [-0.1, -0.05) is 6.42 Å². The van der Waals surface area contributed by atoms with Crippen molar-refractivity contribution in [2.75, 3.05) is 7.11 Å². The van der Waals surface area contributed by atoms with E-state index in [9.17, 15) is 4.79 Å². The van der Waals surface area contributed by atoms with E-state index in [4.69, 9.17) is 9.47 Å². The van der Waals surface area contributed by atoms with Crippen LogP contribution < -0.4 is 0 Å². The Morgan fingerprint density at radius 2 is 1.93 bits per heavy atom. The minimum atomic E-state index is -0.364. The van der Waals surface area contributed by atoms with Crippen molar-refractivity contribution in [3.8, 4) is 0 Å². The number of methoxy groups -OCH3 is 1. The average Bonchev–Trinajstić information content (AvgIpc) is 2.09. The number of ether oxygens (including phenoxy) is 2. The van der Waals surface area contributed by atoms with E-state index in [1.54, 1.807) is 7.11 Å². The summed E-state index contributed by atoms with van der Waals surface area (Å²) in [6, 6.07) is 0. The molecule has 0 aliphatic carbocycles. The van der Waals surface area contributed by atoms with Crippen molar-refractivity contribution < 1.29 is 15.7 Å². The smallest absolute Gasteiger partial charge is 0.306 e. The van der Waals surface area contributed by atoms with Crippen molar-refractivity contribution >= 4 is 5.97 Å². The van der Waals surface area contributed by atoms with Crippen LogP contribution >= 0.6 is 0 Å². The van der Waals surface area contributed by atoms with Gasteiger partial charge in [0.1, 0.15) is 5.60 Å². The summed E-state index contributed by atoms with van der Waals surface area (Å²) in [7, 11) is 1.71. The van der Waals surface area contributed by atoms with Crippen LogP contribution in [0.4, 0.5) is 0 Å². The van der Waals surface area contributed by atoms with Gasteiger partial charge in [0.05, 0.1) is 6.10 Å². The summed E-state index contributed by atoms with van der Waals surface area (Å²) >= 11 is 0. The first-order valence-corrected chi connectivity index (χ1v) is 5.60. The zero-order valence-corrected chi connectivity index (χ0v) is 10.6. The quantitative estimate of drug-likeness (QED) is 0.508. The minimum Gasteiger partial charge on any atom is -0.460 e. The van der Waals surface area contributed by atoms with Crippen LogP contribution in [-0.2, 0) is 14.3 Å². The fraction of sp³-hybridized carbons (Fsp3) is 0.917. The average molecular weight is 219 g/mol. The summed E-state index contributed by atoms with van der Waals surface area (Å²) in [6.07, 6.45) is 3.67. The topological polar surface area (TPSA) is 35.5 Å². The number of carbonyl (C=O) groups excluding carboxylic acids is 1. The largest absolute Gasteiger partial charge is 0.460 e. The maximum atomic E-state index is 11.3. The van der Waals surface area contributed by atoms with E-state index in [0.29, 0.717) is 6.42 Å². The van der Waals surface area contributed by atoms with Crippen molar-refractivity contribution in [1.82, 2.24) is 0 Å². The van der Waals surface area contributed by atoms with Gasteiger partial charge in [-0.15, -0.1) is 0 Å². The maximum absolute atomic E-state index is 11.3. The number of esters is 1. The molecule has 1 unspecified atom stereocenters. The third-order valence-corrected chi connectivity index (χ3v) is 2.06. The van der Waals surface area contributed by atoms with Gasteiger partial charge in [-0.25, -0.2) is 0 Å². The van der Waals surface area contributed by atoms with Gasteiger partial charge in [-0.05, 0) is 40.5 Å². The van der Waals surface area contributed by atoms with Crippen LogP contribution in [0, 0.1) is 0 Å². The molecule has 0 saturated heterocycles. The number of unbranched alkanes of at least 4 members (excludes halogenated alkanes) is 1. The SMILES string of the molecule is COC(C)CCCCC(=O)OC(C)(C)C.[2HH]. The zero-order valence-electron chi connectivity index (χ0n) is 10.6. The molecule has 0 aromatic rings. The first-order chi connectivity index (χ1) is 6.85. The van der Waals surface area contributed by atoms with E-state index in [1.807, 2.05) is 27.7 Å². The number of hydrogen-bond donors (Lipinski definition) is 0. The molecule has 1 atom stereocenters. The van der Waals surface area contributed by atoms with Gasteiger partial charge in [0.2, 0.25) is 0 Å². The Morgan fingerprint density at radius 1 is 1.33 bits per heavy atom. The summed E-state index contributed by atoms with van der Waals surface area (Å²) in [6.45, 7) is 7.70. The number of rotatable bonds is 6. The molecule has 0 aromatic carbocycles. The van der Waals surface area contributed by atoms with Gasteiger partial charge < -0.3 is 9.47 Å². The fourth-order valence-electron chi connectivity index (χ4n) is 1.21. The second-order valence-corrected chi connectivity index (χ2v) is 4.88. The lowest BCUT2D eigenvalue weighted by Crippen LogP contribution is -2.23. The summed E-state index contributed by atoms with van der Waals surface area (Å²) in [5, 5.41) is 0. The van der Waals surface area contributed by atoms with Crippen molar-refractivity contribution in [1.29, 1.82) is 0 Å². The molecule has 3 nitrogen and oxygen atoms in total. The zero-order chi connectivity index (χ0) is 11.9. The second-order valence-electron chi connectivity index (χ2n) is 4.88. The Hall–Kier alpha value is -0.570. The molecule has 15 heavy (non-hydrogen) atoms. The molecule has 0 heterocycles. The van der Waals surface area contributed by atoms with Crippen LogP contribution in [0.5, 0.6) is 0 Å². The van der Waals surface area contributed by atoms with Gasteiger partial charge >= 0.3 is 5.97 Å². The van der Waals surface area contributed by atoms with Crippen LogP contribution in [-0.4, -0.2) is 24.8 Å². The normalized spacial score (nSPS) is 13.7. The lowest BCUT2D eigenvalue weighted by atomic mass is 10.1. The maximum Gasteiger partial charge on any atom is 0.306 e. The summed E-state index contributed by atoms with van der Waals surface area (Å²) < 4.78 is 10.3. The van der Waals surface area contributed by atoms with Crippen LogP contribution in [0.25, 0.3) is 0 Å². The summed E-state index contributed by atoms with van der Waals surface area (Å²) in [4.78, 5) is 11.3. The van der Waals surface area contributed by atoms with Crippen LogP contribution in [0.2, 0.25) is 0 Å². The van der Waals surface area contributed by atoms with E-state index < -0.39 is 0 Å². The second kappa shape index (κ2) is 6.83. The Labute approximate surface area is 94.6 Å². The predicted octanol–water partition coefficient (Wildman–Crippen LogP) is 3.17. The van der Waals surface area contributed by atoms with Crippen LogP contribution in [0.15, 0.2) is 0 Å². The Balaban J connectivity index is 0. The lowest BCUT2D eigenvalue weighted by Gasteiger charge is -2.19. The number of hydrogen-bond acceptors (Lipinski definition) is 3. The van der Waals surface area contributed by atoms with Gasteiger partial charge in [0.15, 0.2) is 0 Å². The monoisotopic (exact) mass is 219 g/mol. The molecule has 0 aromatic heterocycles. The highest BCUT2D eigenvalue weighted by atomic mass is 16.6. The van der Waals surface area contributed by atoms with E-state index in [-0.39, 0.29) is 19.1 Å². The molecular weight excluding hydrogens is 192 g/mol. The third kappa shape index (κ3) is 9.73. The molecule has 0 spiro atoms. The molecule has 0 N–H and O–H groups in total. The Morgan fingerprint density at radius 3 is 2.40 bits per heavy atom. The highest BCUT2D eigenvalue weighted by Gasteiger charge is 2.15. The van der Waals surface area contributed by atoms with Crippen molar-refractivity contribution in [2.45, 2.75) is 65.1 Å². The highest BCUT2D eigenvalue weighted by molar-refractivity contribution is 5.69. The summed E-state index contributed by atoms with van der Waals surface area (Å²) in [5.41, 5.74) is -0.364. The molecule has 0 aliphatic heterocycles.